The van der Waals surface area contributed by atoms with E-state index in [4.69, 9.17) is 0 Å². The molecular weight excluding hydrogens is 236 g/mol. The number of nitrogens with zero attached hydrogens (tertiary/aromatic N) is 4. The number of aromatic nitrogens is 2. The second-order valence-electron chi connectivity index (χ2n) is 6.29. The monoisotopic (exact) mass is 260 g/mol. The summed E-state index contributed by atoms with van der Waals surface area (Å²) in [4.78, 5) is 13.8. The van der Waals surface area contributed by atoms with Crippen LogP contribution in [0.1, 0.15) is 26.7 Å². The number of likely N-dealkylation sites (tertiary alicyclic amines) is 1. The van der Waals surface area contributed by atoms with Gasteiger partial charge < -0.3 is 4.90 Å². The Bertz CT molecular complexity index is 406. The van der Waals surface area contributed by atoms with Gasteiger partial charge in [-0.1, -0.05) is 13.8 Å². The van der Waals surface area contributed by atoms with E-state index in [1.54, 1.807) is 0 Å². The van der Waals surface area contributed by atoms with Crippen LogP contribution in [0.2, 0.25) is 0 Å². The van der Waals surface area contributed by atoms with Crippen LogP contribution in [0.5, 0.6) is 0 Å². The van der Waals surface area contributed by atoms with Crippen LogP contribution in [0, 0.1) is 11.8 Å². The molecule has 104 valence electrons. The minimum Gasteiger partial charge on any atom is -0.340 e. The van der Waals surface area contributed by atoms with Gasteiger partial charge in [-0.15, -0.1) is 0 Å². The smallest absolute Gasteiger partial charge is 0.225 e. The van der Waals surface area contributed by atoms with Crippen molar-refractivity contribution in [2.75, 3.05) is 31.1 Å². The highest BCUT2D eigenvalue weighted by Gasteiger charge is 2.42. The molecule has 1 aromatic rings. The van der Waals surface area contributed by atoms with Gasteiger partial charge in [0.05, 0.1) is 0 Å². The van der Waals surface area contributed by atoms with Crippen molar-refractivity contribution in [3.8, 4) is 0 Å². The Hall–Kier alpha value is -1.16. The molecule has 0 N–H and O–H groups in total. The third-order valence-electron chi connectivity index (χ3n) is 4.46. The second kappa shape index (κ2) is 5.45. The maximum atomic E-state index is 4.37. The van der Waals surface area contributed by atoms with Crippen molar-refractivity contribution in [2.45, 2.75) is 32.7 Å². The average Bonchev–Trinajstić information content (AvgIpc) is 2.40. The summed E-state index contributed by atoms with van der Waals surface area (Å²) < 4.78 is 0. The summed E-state index contributed by atoms with van der Waals surface area (Å²) in [6.45, 7) is 9.40. The number of piperidine rings is 1. The Labute approximate surface area is 115 Å². The van der Waals surface area contributed by atoms with Gasteiger partial charge in [0, 0.05) is 44.0 Å². The molecule has 0 bridgehead atoms. The number of hydrogen-bond acceptors (Lipinski definition) is 4. The zero-order valence-electron chi connectivity index (χ0n) is 12.0. The molecule has 0 saturated carbocycles. The third-order valence-corrected chi connectivity index (χ3v) is 4.46. The summed E-state index contributed by atoms with van der Waals surface area (Å²) >= 11 is 0. The van der Waals surface area contributed by atoms with Gasteiger partial charge in [-0.25, -0.2) is 9.97 Å². The molecule has 4 heteroatoms. The number of anilines is 1. The molecule has 3 rings (SSSR count). The van der Waals surface area contributed by atoms with E-state index in [1.165, 1.54) is 25.9 Å². The Morgan fingerprint density at radius 2 is 2.05 bits per heavy atom. The minimum absolute atomic E-state index is 0.817. The SMILES string of the molecule is CC(C)CCN1C[C@@H]2CN(c3ncccn3)CC[C@@H]21. The van der Waals surface area contributed by atoms with E-state index in [9.17, 15) is 0 Å². The Balaban J connectivity index is 1.52. The van der Waals surface area contributed by atoms with E-state index in [1.807, 2.05) is 18.5 Å². The predicted octanol–water partition coefficient (Wildman–Crippen LogP) is 2.03. The first-order valence-corrected chi connectivity index (χ1v) is 7.50. The van der Waals surface area contributed by atoms with Crippen LogP contribution in [0.3, 0.4) is 0 Å². The van der Waals surface area contributed by atoms with Crippen molar-refractivity contribution < 1.29 is 0 Å². The lowest BCUT2D eigenvalue weighted by atomic mass is 9.82. The summed E-state index contributed by atoms with van der Waals surface area (Å²) in [5.74, 6) is 2.54. The topological polar surface area (TPSA) is 32.3 Å². The summed E-state index contributed by atoms with van der Waals surface area (Å²) in [5, 5.41) is 0. The lowest BCUT2D eigenvalue weighted by Crippen LogP contribution is -2.63. The van der Waals surface area contributed by atoms with E-state index in [2.05, 4.69) is 33.6 Å². The van der Waals surface area contributed by atoms with Crippen molar-refractivity contribution >= 4 is 5.95 Å². The molecule has 1 aromatic heterocycles. The van der Waals surface area contributed by atoms with Crippen LogP contribution in [0.15, 0.2) is 18.5 Å². The maximum absolute atomic E-state index is 4.37. The first-order valence-electron chi connectivity index (χ1n) is 7.50. The molecular formula is C15H24N4. The number of fused-ring (bicyclic) bond motifs is 1. The van der Waals surface area contributed by atoms with Gasteiger partial charge in [-0.05, 0) is 31.4 Å². The molecule has 2 aliphatic heterocycles. The Morgan fingerprint density at radius 3 is 2.74 bits per heavy atom. The third kappa shape index (κ3) is 2.73. The molecule has 0 radical (unpaired) electrons. The van der Waals surface area contributed by atoms with E-state index < -0.39 is 0 Å². The van der Waals surface area contributed by atoms with Crippen LogP contribution >= 0.6 is 0 Å². The van der Waals surface area contributed by atoms with Crippen LogP contribution < -0.4 is 4.90 Å². The van der Waals surface area contributed by atoms with Gasteiger partial charge in [0.2, 0.25) is 5.95 Å². The highest BCUT2D eigenvalue weighted by Crippen LogP contribution is 2.33. The van der Waals surface area contributed by atoms with E-state index in [0.29, 0.717) is 0 Å². The fourth-order valence-electron chi connectivity index (χ4n) is 3.30. The summed E-state index contributed by atoms with van der Waals surface area (Å²) in [6, 6.07) is 2.70. The lowest BCUT2D eigenvalue weighted by Gasteiger charge is -2.53. The first kappa shape index (κ1) is 12.9. The van der Waals surface area contributed by atoms with Crippen molar-refractivity contribution in [2.24, 2.45) is 11.8 Å². The second-order valence-corrected chi connectivity index (χ2v) is 6.29. The molecule has 0 unspecified atom stereocenters. The zero-order chi connectivity index (χ0) is 13.2. The van der Waals surface area contributed by atoms with Crippen LogP contribution in [-0.4, -0.2) is 47.1 Å². The zero-order valence-corrected chi connectivity index (χ0v) is 12.0. The van der Waals surface area contributed by atoms with Gasteiger partial charge in [-0.2, -0.15) is 0 Å². The van der Waals surface area contributed by atoms with Crippen LogP contribution in [-0.2, 0) is 0 Å². The molecule has 19 heavy (non-hydrogen) atoms. The minimum atomic E-state index is 0.817. The van der Waals surface area contributed by atoms with Gasteiger partial charge in [-0.3, -0.25) is 4.90 Å². The van der Waals surface area contributed by atoms with E-state index >= 15 is 0 Å². The Morgan fingerprint density at radius 1 is 1.26 bits per heavy atom. The van der Waals surface area contributed by atoms with Crippen molar-refractivity contribution in [1.29, 1.82) is 0 Å². The summed E-state index contributed by atoms with van der Waals surface area (Å²) in [5.41, 5.74) is 0. The molecule has 2 saturated heterocycles. The Kier molecular flexibility index (Phi) is 3.69. The van der Waals surface area contributed by atoms with Gasteiger partial charge in [0.15, 0.2) is 0 Å². The summed E-state index contributed by atoms with van der Waals surface area (Å²) in [6.07, 6.45) is 6.27. The normalized spacial score (nSPS) is 27.2. The largest absolute Gasteiger partial charge is 0.340 e. The molecule has 0 amide bonds. The number of rotatable bonds is 4. The molecule has 3 heterocycles. The van der Waals surface area contributed by atoms with Gasteiger partial charge in [0.1, 0.15) is 0 Å². The van der Waals surface area contributed by atoms with Gasteiger partial charge >= 0.3 is 0 Å². The molecule has 2 aliphatic rings. The van der Waals surface area contributed by atoms with Crippen LogP contribution in [0.4, 0.5) is 5.95 Å². The number of hydrogen-bond donors (Lipinski definition) is 0. The molecule has 2 atom stereocenters. The van der Waals surface area contributed by atoms with Crippen molar-refractivity contribution in [1.82, 2.24) is 14.9 Å². The summed E-state index contributed by atoms with van der Waals surface area (Å²) in [7, 11) is 0. The van der Waals surface area contributed by atoms with Crippen molar-refractivity contribution in [3.63, 3.8) is 0 Å². The molecule has 0 aliphatic carbocycles. The van der Waals surface area contributed by atoms with Crippen molar-refractivity contribution in [3.05, 3.63) is 18.5 Å². The van der Waals surface area contributed by atoms with E-state index in [-0.39, 0.29) is 0 Å². The maximum Gasteiger partial charge on any atom is 0.225 e. The molecule has 4 nitrogen and oxygen atoms in total. The quantitative estimate of drug-likeness (QED) is 0.829. The molecule has 0 spiro atoms. The predicted molar refractivity (Wildman–Crippen MR) is 77.2 cm³/mol. The van der Waals surface area contributed by atoms with Gasteiger partial charge in [0.25, 0.3) is 0 Å². The average molecular weight is 260 g/mol. The highest BCUT2D eigenvalue weighted by atomic mass is 15.3. The fraction of sp³-hybridized carbons (Fsp3) is 0.733. The standard InChI is InChI=1S/C15H24N4/c1-12(2)4-8-18-10-13-11-19(9-5-14(13)18)15-16-6-3-7-17-15/h3,6-7,12-14H,4-5,8-11H2,1-2H3/t13-,14+/m1/s1. The molecule has 0 aromatic carbocycles. The fourth-order valence-corrected chi connectivity index (χ4v) is 3.30. The first-order chi connectivity index (χ1) is 9.24. The highest BCUT2D eigenvalue weighted by molar-refractivity contribution is 5.30. The molecule has 2 fully saturated rings. The lowest BCUT2D eigenvalue weighted by molar-refractivity contribution is -0.00104. The van der Waals surface area contributed by atoms with E-state index in [0.717, 1.165) is 36.9 Å². The van der Waals surface area contributed by atoms with Crippen LogP contribution in [0.25, 0.3) is 0 Å².